The number of nitrogens with one attached hydrogen (secondary N) is 2. The molecule has 2 amide bonds. The molecule has 1 atom stereocenters. The molecule has 100 valence electrons. The minimum absolute atomic E-state index is 0.146. The van der Waals surface area contributed by atoms with Crippen molar-refractivity contribution in [2.24, 2.45) is 5.92 Å². The van der Waals surface area contributed by atoms with Crippen molar-refractivity contribution in [3.05, 3.63) is 34.9 Å². The summed E-state index contributed by atoms with van der Waals surface area (Å²) >= 11 is 5.85. The summed E-state index contributed by atoms with van der Waals surface area (Å²) in [4.78, 5) is 11.5. The van der Waals surface area contributed by atoms with Crippen molar-refractivity contribution in [2.45, 2.75) is 19.9 Å². The molecule has 0 heterocycles. The average Bonchev–Trinajstić information content (AvgIpc) is 2.34. The molecule has 1 unspecified atom stereocenters. The lowest BCUT2D eigenvalue weighted by molar-refractivity contribution is 0.233. The highest BCUT2D eigenvalue weighted by molar-refractivity contribution is 6.30. The molecule has 0 radical (unpaired) electrons. The van der Waals surface area contributed by atoms with Crippen molar-refractivity contribution in [3.8, 4) is 0 Å². The minimum Gasteiger partial charge on any atom is -0.396 e. The molecule has 1 aromatic carbocycles. The van der Waals surface area contributed by atoms with E-state index in [2.05, 4.69) is 10.6 Å². The zero-order valence-electron chi connectivity index (χ0n) is 10.4. The number of aliphatic hydroxyl groups is 1. The fraction of sp³-hybridized carbons (Fsp3) is 0.462. The SMILES string of the molecule is CC(CCO)CNC(=O)NCc1cccc(Cl)c1. The summed E-state index contributed by atoms with van der Waals surface area (Å²) in [5.41, 5.74) is 0.959. The minimum atomic E-state index is -0.209. The third kappa shape index (κ3) is 5.89. The Balaban J connectivity index is 2.25. The van der Waals surface area contributed by atoms with Gasteiger partial charge >= 0.3 is 6.03 Å². The maximum absolute atomic E-state index is 11.5. The van der Waals surface area contributed by atoms with E-state index in [1.807, 2.05) is 25.1 Å². The fourth-order valence-electron chi connectivity index (χ4n) is 1.48. The lowest BCUT2D eigenvalue weighted by atomic mass is 10.1. The van der Waals surface area contributed by atoms with Crippen molar-refractivity contribution in [1.29, 1.82) is 0 Å². The highest BCUT2D eigenvalue weighted by atomic mass is 35.5. The summed E-state index contributed by atoms with van der Waals surface area (Å²) in [6.45, 7) is 3.13. The Morgan fingerprint density at radius 3 is 2.89 bits per heavy atom. The number of rotatable bonds is 6. The van der Waals surface area contributed by atoms with Gasteiger partial charge < -0.3 is 15.7 Å². The van der Waals surface area contributed by atoms with E-state index < -0.39 is 0 Å². The van der Waals surface area contributed by atoms with Gasteiger partial charge in [0.1, 0.15) is 0 Å². The molecule has 0 spiro atoms. The smallest absolute Gasteiger partial charge is 0.315 e. The first-order chi connectivity index (χ1) is 8.61. The van der Waals surface area contributed by atoms with Crippen LogP contribution in [-0.4, -0.2) is 24.3 Å². The van der Waals surface area contributed by atoms with Gasteiger partial charge in [-0.3, -0.25) is 0 Å². The molecule has 0 saturated carbocycles. The molecule has 5 heteroatoms. The molecule has 0 saturated heterocycles. The number of carbonyl (C=O) groups excluding carboxylic acids is 1. The van der Waals surface area contributed by atoms with Crippen LogP contribution in [0.2, 0.25) is 5.02 Å². The molecule has 4 nitrogen and oxygen atoms in total. The molecule has 1 rings (SSSR count). The van der Waals surface area contributed by atoms with Gasteiger partial charge in [0.2, 0.25) is 0 Å². The van der Waals surface area contributed by atoms with Crippen molar-refractivity contribution in [1.82, 2.24) is 10.6 Å². The fourth-order valence-corrected chi connectivity index (χ4v) is 1.69. The summed E-state index contributed by atoms with van der Waals surface area (Å²) in [5.74, 6) is 0.270. The van der Waals surface area contributed by atoms with E-state index in [0.717, 1.165) is 5.56 Å². The molecule has 1 aromatic rings. The van der Waals surface area contributed by atoms with E-state index in [4.69, 9.17) is 16.7 Å². The lowest BCUT2D eigenvalue weighted by Gasteiger charge is -2.12. The van der Waals surface area contributed by atoms with Crippen LogP contribution < -0.4 is 10.6 Å². The molecule has 0 aromatic heterocycles. The number of hydrogen-bond donors (Lipinski definition) is 3. The molecule has 0 aliphatic rings. The number of aliphatic hydroxyl groups excluding tert-OH is 1. The Labute approximate surface area is 112 Å². The molecule has 0 fully saturated rings. The van der Waals surface area contributed by atoms with Gasteiger partial charge in [-0.15, -0.1) is 0 Å². The van der Waals surface area contributed by atoms with Crippen LogP contribution in [0.5, 0.6) is 0 Å². The predicted octanol–water partition coefficient (Wildman–Crippen LogP) is 2.16. The van der Waals surface area contributed by atoms with E-state index >= 15 is 0 Å². The van der Waals surface area contributed by atoms with E-state index in [-0.39, 0.29) is 18.6 Å². The lowest BCUT2D eigenvalue weighted by Crippen LogP contribution is -2.37. The number of benzene rings is 1. The van der Waals surface area contributed by atoms with Crippen LogP contribution in [-0.2, 0) is 6.54 Å². The van der Waals surface area contributed by atoms with Crippen LogP contribution in [0.15, 0.2) is 24.3 Å². The number of hydrogen-bond acceptors (Lipinski definition) is 2. The number of halogens is 1. The maximum atomic E-state index is 11.5. The van der Waals surface area contributed by atoms with Gasteiger partial charge in [0.25, 0.3) is 0 Å². The quantitative estimate of drug-likeness (QED) is 0.742. The van der Waals surface area contributed by atoms with E-state index in [1.165, 1.54) is 0 Å². The molecule has 0 bridgehead atoms. The first-order valence-electron chi connectivity index (χ1n) is 5.99. The van der Waals surface area contributed by atoms with Gasteiger partial charge in [0.05, 0.1) is 0 Å². The first-order valence-corrected chi connectivity index (χ1v) is 6.36. The summed E-state index contributed by atoms with van der Waals surface area (Å²) < 4.78 is 0. The molecular formula is C13H19ClN2O2. The molecule has 3 N–H and O–H groups in total. The summed E-state index contributed by atoms with van der Waals surface area (Å²) in [7, 11) is 0. The van der Waals surface area contributed by atoms with Crippen molar-refractivity contribution in [3.63, 3.8) is 0 Å². The topological polar surface area (TPSA) is 61.4 Å². The molecule has 0 aliphatic heterocycles. The van der Waals surface area contributed by atoms with Crippen LogP contribution in [0.1, 0.15) is 18.9 Å². The summed E-state index contributed by atoms with van der Waals surface area (Å²) in [5, 5.41) is 14.9. The third-order valence-electron chi connectivity index (χ3n) is 2.58. The molecular weight excluding hydrogens is 252 g/mol. The van der Waals surface area contributed by atoms with Crippen molar-refractivity contribution in [2.75, 3.05) is 13.2 Å². The van der Waals surface area contributed by atoms with Crippen LogP contribution in [0.4, 0.5) is 4.79 Å². The Hall–Kier alpha value is -1.26. The second-order valence-corrected chi connectivity index (χ2v) is 4.75. The predicted molar refractivity (Wildman–Crippen MR) is 72.6 cm³/mol. The van der Waals surface area contributed by atoms with Gasteiger partial charge in [0, 0.05) is 24.7 Å². The zero-order chi connectivity index (χ0) is 13.4. The molecule has 0 aliphatic carbocycles. The Kier molecular flexibility index (Phi) is 6.54. The first kappa shape index (κ1) is 14.8. The standard InChI is InChI=1S/C13H19ClN2O2/c1-10(5-6-17)8-15-13(18)16-9-11-3-2-4-12(14)7-11/h2-4,7,10,17H,5-6,8-9H2,1H3,(H2,15,16,18). The van der Waals surface area contributed by atoms with Gasteiger partial charge in [-0.25, -0.2) is 4.79 Å². The largest absolute Gasteiger partial charge is 0.396 e. The van der Waals surface area contributed by atoms with E-state index in [9.17, 15) is 4.79 Å². The Morgan fingerprint density at radius 1 is 1.44 bits per heavy atom. The second kappa shape index (κ2) is 7.95. The van der Waals surface area contributed by atoms with Crippen molar-refractivity contribution >= 4 is 17.6 Å². The van der Waals surface area contributed by atoms with Crippen LogP contribution >= 0.6 is 11.6 Å². The van der Waals surface area contributed by atoms with Gasteiger partial charge in [-0.1, -0.05) is 30.7 Å². The summed E-state index contributed by atoms with van der Waals surface area (Å²) in [6.07, 6.45) is 0.689. The zero-order valence-corrected chi connectivity index (χ0v) is 11.2. The van der Waals surface area contributed by atoms with Crippen molar-refractivity contribution < 1.29 is 9.90 Å². The van der Waals surface area contributed by atoms with Gasteiger partial charge in [0.15, 0.2) is 0 Å². The Morgan fingerprint density at radius 2 is 2.22 bits per heavy atom. The summed E-state index contributed by atoms with van der Waals surface area (Å²) in [6, 6.07) is 7.15. The van der Waals surface area contributed by atoms with E-state index in [1.54, 1.807) is 6.07 Å². The number of carbonyl (C=O) groups is 1. The van der Waals surface area contributed by atoms with Crippen LogP contribution in [0.25, 0.3) is 0 Å². The van der Waals surface area contributed by atoms with Crippen LogP contribution in [0.3, 0.4) is 0 Å². The second-order valence-electron chi connectivity index (χ2n) is 4.31. The molecule has 18 heavy (non-hydrogen) atoms. The van der Waals surface area contributed by atoms with E-state index in [0.29, 0.717) is 24.5 Å². The average molecular weight is 271 g/mol. The maximum Gasteiger partial charge on any atom is 0.315 e. The normalized spacial score (nSPS) is 11.9. The highest BCUT2D eigenvalue weighted by Crippen LogP contribution is 2.10. The van der Waals surface area contributed by atoms with Crippen LogP contribution in [0, 0.1) is 5.92 Å². The monoisotopic (exact) mass is 270 g/mol. The van der Waals surface area contributed by atoms with Gasteiger partial charge in [-0.05, 0) is 30.0 Å². The van der Waals surface area contributed by atoms with Gasteiger partial charge in [-0.2, -0.15) is 0 Å². The Bertz CT molecular complexity index is 385. The number of amides is 2. The number of urea groups is 1. The highest BCUT2D eigenvalue weighted by Gasteiger charge is 2.04. The third-order valence-corrected chi connectivity index (χ3v) is 2.81.